The van der Waals surface area contributed by atoms with Gasteiger partial charge in [0.2, 0.25) is 17.7 Å². The van der Waals surface area contributed by atoms with Crippen molar-refractivity contribution in [1.82, 2.24) is 16.0 Å². The lowest BCUT2D eigenvalue weighted by atomic mass is 10.1. The summed E-state index contributed by atoms with van der Waals surface area (Å²) < 4.78 is 15.8. The summed E-state index contributed by atoms with van der Waals surface area (Å²) >= 11 is 0. The Morgan fingerprint density at radius 1 is 0.763 bits per heavy atom. The third-order valence-electron chi connectivity index (χ3n) is 5.53. The minimum atomic E-state index is -1.49. The Labute approximate surface area is 225 Å². The number of ketones is 1. The highest BCUT2D eigenvalue weighted by Crippen LogP contribution is 2.10. The summed E-state index contributed by atoms with van der Waals surface area (Å²) in [6.07, 6.45) is -0.619. The minimum absolute atomic E-state index is 0.0643. The maximum absolute atomic E-state index is 11.9. The van der Waals surface area contributed by atoms with Gasteiger partial charge in [-0.2, -0.15) is 0 Å². The molecule has 0 saturated carbocycles. The van der Waals surface area contributed by atoms with Crippen LogP contribution < -0.4 is 16.0 Å². The van der Waals surface area contributed by atoms with E-state index in [9.17, 15) is 34.5 Å². The van der Waals surface area contributed by atoms with Crippen molar-refractivity contribution in [3.63, 3.8) is 0 Å². The van der Waals surface area contributed by atoms with Crippen molar-refractivity contribution in [2.75, 3.05) is 46.6 Å². The Kier molecular flexibility index (Phi) is 21.5. The molecule has 4 unspecified atom stereocenters. The molecular weight excluding hydrogens is 502 g/mol. The molecule has 13 heteroatoms. The Morgan fingerprint density at radius 2 is 1.42 bits per heavy atom. The SMILES string of the molecule is COC(CO)C(O)C(O)C(NC(C)=O)OCCCCCCNC(=O)CCOCCNC(=O)CCCC(C)=O. The third-order valence-corrected chi connectivity index (χ3v) is 5.53. The van der Waals surface area contributed by atoms with Gasteiger partial charge in [0, 0.05) is 53.0 Å². The summed E-state index contributed by atoms with van der Waals surface area (Å²) in [7, 11) is 1.29. The van der Waals surface area contributed by atoms with Crippen LogP contribution in [0.15, 0.2) is 0 Å². The number of carbonyl (C=O) groups excluding carboxylic acids is 4. The molecule has 38 heavy (non-hydrogen) atoms. The monoisotopic (exact) mass is 549 g/mol. The summed E-state index contributed by atoms with van der Waals surface area (Å²) in [6, 6.07) is 0. The lowest BCUT2D eigenvalue weighted by molar-refractivity contribution is -0.154. The van der Waals surface area contributed by atoms with Crippen LogP contribution in [0.25, 0.3) is 0 Å². The van der Waals surface area contributed by atoms with E-state index < -0.39 is 37.1 Å². The van der Waals surface area contributed by atoms with Gasteiger partial charge in [-0.1, -0.05) is 12.8 Å². The molecule has 0 saturated heterocycles. The maximum Gasteiger partial charge on any atom is 0.222 e. The van der Waals surface area contributed by atoms with E-state index in [1.54, 1.807) is 0 Å². The van der Waals surface area contributed by atoms with Gasteiger partial charge in [0.25, 0.3) is 0 Å². The second-order valence-corrected chi connectivity index (χ2v) is 8.96. The Morgan fingerprint density at radius 3 is 2.05 bits per heavy atom. The Balaban J connectivity index is 3.84. The van der Waals surface area contributed by atoms with E-state index in [2.05, 4.69) is 16.0 Å². The lowest BCUT2D eigenvalue weighted by Gasteiger charge is -2.30. The highest BCUT2D eigenvalue weighted by Gasteiger charge is 2.33. The molecule has 0 spiro atoms. The Bertz CT molecular complexity index is 676. The number of rotatable bonds is 24. The normalized spacial score (nSPS) is 14.3. The highest BCUT2D eigenvalue weighted by molar-refractivity contribution is 5.78. The molecule has 0 aliphatic carbocycles. The third kappa shape index (κ3) is 19.0. The van der Waals surface area contributed by atoms with Crippen molar-refractivity contribution in [1.29, 1.82) is 0 Å². The van der Waals surface area contributed by atoms with Crippen molar-refractivity contribution < 1.29 is 48.7 Å². The first-order chi connectivity index (χ1) is 18.1. The zero-order valence-corrected chi connectivity index (χ0v) is 22.9. The summed E-state index contributed by atoms with van der Waals surface area (Å²) in [5, 5.41) is 37.6. The van der Waals surface area contributed by atoms with Crippen LogP contribution in [-0.2, 0) is 33.4 Å². The molecule has 0 bridgehead atoms. The van der Waals surface area contributed by atoms with Gasteiger partial charge in [-0.3, -0.25) is 14.4 Å². The molecular formula is C25H47N3O10. The molecule has 0 aromatic heterocycles. The van der Waals surface area contributed by atoms with E-state index >= 15 is 0 Å². The van der Waals surface area contributed by atoms with E-state index in [-0.39, 0.29) is 37.2 Å². The average molecular weight is 550 g/mol. The minimum Gasteiger partial charge on any atom is -0.394 e. The molecule has 0 radical (unpaired) electrons. The summed E-state index contributed by atoms with van der Waals surface area (Å²) in [4.78, 5) is 45.7. The number of hydrogen-bond acceptors (Lipinski definition) is 10. The van der Waals surface area contributed by atoms with Crippen LogP contribution in [0.3, 0.4) is 0 Å². The average Bonchev–Trinajstić information content (AvgIpc) is 2.86. The van der Waals surface area contributed by atoms with Crippen LogP contribution in [-0.4, -0.2) is 110 Å². The maximum atomic E-state index is 11.9. The predicted octanol–water partition coefficient (Wildman–Crippen LogP) is -0.847. The largest absolute Gasteiger partial charge is 0.394 e. The second kappa shape index (κ2) is 22.8. The zero-order valence-electron chi connectivity index (χ0n) is 22.9. The standard InChI is InChI=1S/C25H47N3O10/c1-18(30)9-8-10-21(32)27-13-16-37-15-11-22(33)26-12-6-4-5-7-14-38-25(28-19(2)31)24(35)23(34)20(17-29)36-3/h20,23-25,29,34-35H,4-17H2,1-3H3,(H,26,33)(H,27,32)(H,28,31). The number of amides is 3. The first-order valence-electron chi connectivity index (χ1n) is 13.1. The van der Waals surface area contributed by atoms with Crippen LogP contribution in [0, 0.1) is 0 Å². The first-order valence-corrected chi connectivity index (χ1v) is 13.1. The van der Waals surface area contributed by atoms with Gasteiger partial charge in [-0.15, -0.1) is 0 Å². The summed E-state index contributed by atoms with van der Waals surface area (Å²) in [5.41, 5.74) is 0. The first kappa shape index (κ1) is 35.8. The van der Waals surface area contributed by atoms with Gasteiger partial charge in [0.15, 0.2) is 6.23 Å². The molecule has 13 nitrogen and oxygen atoms in total. The molecule has 0 aliphatic heterocycles. The van der Waals surface area contributed by atoms with Crippen molar-refractivity contribution in [2.24, 2.45) is 0 Å². The Hall–Kier alpha value is -2.16. The molecule has 0 fully saturated rings. The molecule has 4 atom stereocenters. The number of aliphatic hydroxyl groups is 3. The van der Waals surface area contributed by atoms with Crippen LogP contribution in [0.4, 0.5) is 0 Å². The quantitative estimate of drug-likeness (QED) is 0.0653. The fourth-order valence-corrected chi connectivity index (χ4v) is 3.37. The lowest BCUT2D eigenvalue weighted by Crippen LogP contribution is -2.54. The van der Waals surface area contributed by atoms with E-state index in [1.165, 1.54) is 21.0 Å². The molecule has 0 heterocycles. The van der Waals surface area contributed by atoms with Gasteiger partial charge in [-0.05, 0) is 26.2 Å². The van der Waals surface area contributed by atoms with Gasteiger partial charge < -0.3 is 50.3 Å². The number of nitrogens with one attached hydrogen (secondary N) is 3. The number of hydrogen-bond donors (Lipinski definition) is 6. The van der Waals surface area contributed by atoms with Crippen molar-refractivity contribution >= 4 is 23.5 Å². The number of aliphatic hydroxyl groups excluding tert-OH is 3. The van der Waals surface area contributed by atoms with Crippen molar-refractivity contribution in [3.8, 4) is 0 Å². The molecule has 0 aliphatic rings. The fraction of sp³-hybridized carbons (Fsp3) is 0.840. The number of carbonyl (C=O) groups is 4. The van der Waals surface area contributed by atoms with Crippen molar-refractivity contribution in [3.05, 3.63) is 0 Å². The molecule has 3 amide bonds. The number of methoxy groups -OCH3 is 1. The molecule has 0 aromatic carbocycles. The number of Topliss-reactive ketones (excluding diaryl/α,β-unsaturated/α-hetero) is 1. The number of ether oxygens (including phenoxy) is 3. The highest BCUT2D eigenvalue weighted by atomic mass is 16.5. The van der Waals surface area contributed by atoms with Crippen LogP contribution in [0.2, 0.25) is 0 Å². The smallest absolute Gasteiger partial charge is 0.222 e. The van der Waals surface area contributed by atoms with E-state index in [0.717, 1.165) is 19.3 Å². The summed E-state index contributed by atoms with van der Waals surface area (Å²) in [6.45, 7) is 3.92. The van der Waals surface area contributed by atoms with Crippen LogP contribution >= 0.6 is 0 Å². The fourth-order valence-electron chi connectivity index (χ4n) is 3.37. The molecule has 6 N–H and O–H groups in total. The molecule has 0 aromatic rings. The van der Waals surface area contributed by atoms with Crippen LogP contribution in [0.5, 0.6) is 0 Å². The van der Waals surface area contributed by atoms with Crippen LogP contribution in [0.1, 0.15) is 65.2 Å². The zero-order chi connectivity index (χ0) is 28.8. The van der Waals surface area contributed by atoms with Crippen molar-refractivity contribution in [2.45, 2.75) is 89.8 Å². The van der Waals surface area contributed by atoms with E-state index in [1.807, 2.05) is 0 Å². The van der Waals surface area contributed by atoms with Gasteiger partial charge in [-0.25, -0.2) is 0 Å². The number of unbranched alkanes of at least 4 members (excludes halogenated alkanes) is 3. The topological polar surface area (TPSA) is 193 Å². The van der Waals surface area contributed by atoms with E-state index in [4.69, 9.17) is 14.2 Å². The predicted molar refractivity (Wildman–Crippen MR) is 138 cm³/mol. The van der Waals surface area contributed by atoms with E-state index in [0.29, 0.717) is 45.4 Å². The molecule has 222 valence electrons. The van der Waals surface area contributed by atoms with Gasteiger partial charge in [0.05, 0.1) is 19.8 Å². The van der Waals surface area contributed by atoms with Gasteiger partial charge >= 0.3 is 0 Å². The summed E-state index contributed by atoms with van der Waals surface area (Å²) in [5.74, 6) is -0.620. The van der Waals surface area contributed by atoms with Gasteiger partial charge in [0.1, 0.15) is 24.1 Å². The second-order valence-electron chi connectivity index (χ2n) is 8.96. The molecule has 0 rings (SSSR count).